The van der Waals surface area contributed by atoms with E-state index in [2.05, 4.69) is 166 Å². The van der Waals surface area contributed by atoms with Gasteiger partial charge in [-0.2, -0.15) is 25.7 Å². The number of ether oxygens (including phenoxy) is 4. The van der Waals surface area contributed by atoms with Crippen molar-refractivity contribution in [3.8, 4) is 67.3 Å². The van der Waals surface area contributed by atoms with Crippen LogP contribution >= 0.6 is 34.3 Å². The fourth-order valence-electron chi connectivity index (χ4n) is 12.8. The second-order valence-corrected chi connectivity index (χ2v) is 26.7. The number of nitrogens with one attached hydrogen (secondary N) is 8. The average Bonchev–Trinajstić information content (AvgIpc) is 1.41. The third kappa shape index (κ3) is 19.1. The second-order valence-electron chi connectivity index (χ2n) is 22.9. The molecule has 4 atom stereocenters. The fraction of sp³-hybridized carbons (Fsp3) is 0.164. The Morgan fingerprint density at radius 1 is 0.356 bits per heavy atom. The number of rotatable bonds is 10. The van der Waals surface area contributed by atoms with E-state index < -0.39 is 24.4 Å². The largest absolute Gasteiger partial charge is 2.00 e. The molecule has 4 unspecified atom stereocenters. The van der Waals surface area contributed by atoms with E-state index in [4.69, 9.17) is 37.9 Å². The number of aromatic nitrogens is 7. The van der Waals surface area contributed by atoms with Gasteiger partial charge < -0.3 is 81.0 Å². The molecule has 31 heteroatoms. The number of benzene rings is 8. The van der Waals surface area contributed by atoms with Crippen LogP contribution in [0.2, 0.25) is 0 Å². The minimum atomic E-state index is -0.995. The molecule has 4 amide bonds. The van der Waals surface area contributed by atoms with E-state index in [0.29, 0.717) is 11.1 Å². The second kappa shape index (κ2) is 38.0. The maximum atomic E-state index is 10.9. The Bertz CT molecular complexity index is 4730. The molecule has 0 spiro atoms. The fourth-order valence-corrected chi connectivity index (χ4v) is 14.8. The monoisotopic (exact) mass is 1610 g/mol. The van der Waals surface area contributed by atoms with Crippen molar-refractivity contribution in [2.45, 2.75) is 51.4 Å². The summed E-state index contributed by atoms with van der Waals surface area (Å²) in [6.45, 7) is 0. The van der Waals surface area contributed by atoms with Crippen LogP contribution < -0.4 is 22.1 Å². The van der Waals surface area contributed by atoms with Crippen LogP contribution in [0.1, 0.15) is 44.9 Å². The van der Waals surface area contributed by atoms with Crippen LogP contribution in [0.5, 0.6) is 0 Å². The van der Waals surface area contributed by atoms with E-state index in [0.717, 1.165) is 147 Å². The maximum absolute atomic E-state index is 10.9. The molecule has 16 rings (SSSR count). The molecular weight excluding hydrogens is 1550 g/mol. The number of carbonyl (C=O) groups is 4. The van der Waals surface area contributed by atoms with Crippen LogP contribution in [0.25, 0.3) is 133 Å². The molecule has 0 saturated heterocycles. The zero-order chi connectivity index (χ0) is 70.7. The summed E-state index contributed by atoms with van der Waals surface area (Å²) in [6.07, 6.45) is 3.55. The molecule has 4 heterocycles. The Morgan fingerprint density at radius 3 is 1.08 bits per heavy atom. The first-order chi connectivity index (χ1) is 48.4. The summed E-state index contributed by atoms with van der Waals surface area (Å²) >= 11 is 0. The van der Waals surface area contributed by atoms with Gasteiger partial charge in [0.1, 0.15) is 0 Å². The number of aryl methyl sites for hydroxylation is 8. The Labute approximate surface area is 651 Å². The van der Waals surface area contributed by atoms with Crippen molar-refractivity contribution in [2.75, 3.05) is 28.4 Å². The number of methoxy groups -OCH3 is 4. The first-order valence-electron chi connectivity index (χ1n) is 30.9. The Hall–Kier alpha value is -8.47. The molecule has 520 valence electrons. The van der Waals surface area contributed by atoms with Crippen molar-refractivity contribution < 1.29 is 132 Å². The minimum absolute atomic E-state index is 0. The number of amides is 4. The number of hydrogen-bond donors (Lipinski definition) is 4. The van der Waals surface area contributed by atoms with Gasteiger partial charge in [-0.1, -0.05) is 78.9 Å². The van der Waals surface area contributed by atoms with Crippen molar-refractivity contribution in [2.24, 2.45) is 0 Å². The molecule has 0 aliphatic heterocycles. The molecule has 12 aromatic rings. The van der Waals surface area contributed by atoms with Gasteiger partial charge in [0, 0.05) is 50.5 Å². The van der Waals surface area contributed by atoms with E-state index in [9.17, 15) is 38.4 Å². The molecule has 4 aliphatic rings. The van der Waals surface area contributed by atoms with Crippen molar-refractivity contribution in [1.29, 1.82) is 0 Å². The summed E-state index contributed by atoms with van der Waals surface area (Å²) in [5.74, 6) is 0. The molecule has 0 bridgehead atoms. The van der Waals surface area contributed by atoms with E-state index in [-0.39, 0.29) is 109 Å². The normalized spacial score (nSPS) is 12.1. The number of hydrogen-bond acceptors (Lipinski definition) is 15. The van der Waals surface area contributed by atoms with E-state index >= 15 is 0 Å². The van der Waals surface area contributed by atoms with Gasteiger partial charge in [-0.15, -0.1) is 0 Å². The van der Waals surface area contributed by atoms with Gasteiger partial charge >= 0.3 is 74.2 Å². The zero-order valence-corrected chi connectivity index (χ0v) is 65.4. The molecule has 0 fully saturated rings. The molecule has 8 aromatic carbocycles. The summed E-state index contributed by atoms with van der Waals surface area (Å²) in [6, 6.07) is 55.0. The van der Waals surface area contributed by atoms with Crippen molar-refractivity contribution >= 4 is 148 Å². The van der Waals surface area contributed by atoms with Crippen LogP contribution in [-0.4, -0.2) is 112 Å². The van der Waals surface area contributed by atoms with E-state index in [1.165, 1.54) is 98.7 Å². The van der Waals surface area contributed by atoms with Crippen LogP contribution in [0.3, 0.4) is 0 Å². The molecule has 104 heavy (non-hydrogen) atoms. The summed E-state index contributed by atoms with van der Waals surface area (Å²) in [7, 11) is 4.51. The third-order valence-corrected chi connectivity index (χ3v) is 19.6. The van der Waals surface area contributed by atoms with Gasteiger partial charge in [-0.25, -0.2) is 47.6 Å². The number of carbonyl (C=O) groups excluding carboxylic acids is 8. The van der Waals surface area contributed by atoms with Gasteiger partial charge in [-0.05, 0) is 193 Å². The van der Waals surface area contributed by atoms with Gasteiger partial charge in [0.25, 0.3) is 0 Å². The van der Waals surface area contributed by atoms with Crippen LogP contribution in [0, 0.1) is 0 Å². The molecule has 0 saturated carbocycles. The van der Waals surface area contributed by atoms with Gasteiger partial charge in [0.2, 0.25) is 24.4 Å². The Morgan fingerprint density at radius 2 is 0.683 bits per heavy atom. The van der Waals surface area contributed by atoms with E-state index in [1.54, 1.807) is 0 Å². The Kier molecular flexibility index (Phi) is 30.3. The SMILES string of the molecule is COC([NH-])=O.COC([NH-])=O.COC([NH-])=O.COC([NH-])=O.O=[C-]Pc1cc2c([nH]1)-c1cc3ccc(-c4ccc5cc6c(cc5c4)CCc4[nH]c(P[C-]=O)nc4-6)cc3cc1CC2.O=[C-]Pc1nc2c([nH]1)CCc1cc3cc(-c4ccc5c6c(ccc5c4)-c4nc(P[C-]=O)[nH]c4CC6)ccc3cc1-2.[V+2].[V+2].[V+2].[V+2]. The minimum Gasteiger partial charge on any atom is -0.632 e. The first kappa shape index (κ1) is 82.8. The molecule has 23 nitrogen and oxygen atoms in total. The Balaban J connectivity index is 0.000000224. The quantitative estimate of drug-likeness (QED) is 0.0561. The molecular formula is C73H61N11O12P4V4. The van der Waals surface area contributed by atoms with Crippen LogP contribution in [0.15, 0.2) is 127 Å². The van der Waals surface area contributed by atoms with Crippen molar-refractivity contribution in [3.05, 3.63) is 195 Å². The van der Waals surface area contributed by atoms with Gasteiger partial charge in [0.15, 0.2) is 0 Å². The van der Waals surface area contributed by atoms with Crippen LogP contribution in [0.4, 0.5) is 19.2 Å². The number of H-pyrrole nitrogens is 4. The number of aromatic amines is 4. The van der Waals surface area contributed by atoms with Gasteiger partial charge in [-0.3, -0.25) is 19.2 Å². The summed E-state index contributed by atoms with van der Waals surface area (Å²) in [4.78, 5) is 108. The molecule has 4 radical (unpaired) electrons. The summed E-state index contributed by atoms with van der Waals surface area (Å²) < 4.78 is 15.1. The van der Waals surface area contributed by atoms with Crippen molar-refractivity contribution in [3.63, 3.8) is 0 Å². The zero-order valence-electron chi connectivity index (χ0n) is 55.8. The summed E-state index contributed by atoms with van der Waals surface area (Å²) in [5.41, 5.74) is 50.5. The maximum Gasteiger partial charge on any atom is 2.00 e. The molecule has 4 aromatic heterocycles. The third-order valence-electron chi connectivity index (χ3n) is 17.3. The smallest absolute Gasteiger partial charge is 0.632 e. The predicted octanol–water partition coefficient (Wildman–Crippen LogP) is 14.6. The standard InChI is InChI=1S/C33H23N3O2P2.C32H22N4O2P2.4C2H5NO2.4V/c37-16-39-30-15-24-6-5-22-11-25-9-18(1-3-20(25)13-27(22)31(24)35-30)19-2-4-21-14-28-23(12-26(21)10-19)7-8-29-32(28)36-33(34-29)40-17-38;37-15-39-31-34-28-10-8-24-23-6-3-18(11-20(23)4-7-25(24)29(28)35-31)17-1-2-19-14-26-21(13-22(19)12-17)5-9-27-30(26)36-32(33-27)40-16-38;4*1-5-2(3)4;;;;/h1-4,9-15,35,39-40H,5-8H2,(H,34,36);1-4,6-7,11-14,39-40H,5,8-10H2,(H,33,36)(H,34,35);4*1H3,(H2,3,4);;;;/q2*-2;;;;;4*+2/p-4. The molecule has 8 N–H and O–H groups in total. The number of fused-ring (bicyclic) bond motifs is 17. The number of nitrogens with zero attached hydrogens (tertiary/aromatic N) is 3. The first-order valence-corrected chi connectivity index (χ1v) is 34.9. The van der Waals surface area contributed by atoms with E-state index in [1.807, 2.05) is 24.1 Å². The van der Waals surface area contributed by atoms with Crippen molar-refractivity contribution in [1.82, 2.24) is 34.9 Å². The topological polar surface area (TPSA) is 371 Å². The predicted molar refractivity (Wildman–Crippen MR) is 397 cm³/mol. The molecule has 4 aliphatic carbocycles. The summed E-state index contributed by atoms with van der Waals surface area (Å²) in [5, 5.41) is 9.76. The van der Waals surface area contributed by atoms with Gasteiger partial charge in [0.05, 0.1) is 62.2 Å². The van der Waals surface area contributed by atoms with Crippen LogP contribution in [-0.2, 0) is 164 Å². The number of imidazole rings is 3. The average molecular weight is 1610 g/mol.